The Hall–Kier alpha value is -1.22. The number of benzene rings is 1. The quantitative estimate of drug-likeness (QED) is 0.814. The van der Waals surface area contributed by atoms with Crippen molar-refractivity contribution in [3.8, 4) is 5.75 Å². The van der Waals surface area contributed by atoms with Crippen LogP contribution in [0.3, 0.4) is 0 Å². The van der Waals surface area contributed by atoms with Crippen molar-refractivity contribution in [3.05, 3.63) is 24.3 Å². The number of hydrogen-bond donors (Lipinski definition) is 1. The van der Waals surface area contributed by atoms with E-state index in [1.165, 1.54) is 38.8 Å². The van der Waals surface area contributed by atoms with Crippen LogP contribution in [-0.4, -0.2) is 31.1 Å². The van der Waals surface area contributed by atoms with Gasteiger partial charge in [0.15, 0.2) is 0 Å². The molecule has 0 aromatic heterocycles. The number of rotatable bonds is 4. The Kier molecular flexibility index (Phi) is 4.68. The van der Waals surface area contributed by atoms with Crippen LogP contribution in [0.5, 0.6) is 5.75 Å². The number of likely N-dealkylation sites (tertiary alicyclic amines) is 1. The van der Waals surface area contributed by atoms with Crippen LogP contribution in [0, 0.1) is 0 Å². The molecule has 1 aliphatic rings. The van der Waals surface area contributed by atoms with Gasteiger partial charge in [-0.05, 0) is 38.1 Å². The molecule has 2 N–H and O–H groups in total. The minimum absolute atomic E-state index is 0.725. The maximum atomic E-state index is 5.83. The number of nitrogen functional groups attached to an aromatic ring is 1. The average Bonchev–Trinajstić information content (AvgIpc) is 2.60. The van der Waals surface area contributed by atoms with Gasteiger partial charge in [-0.2, -0.15) is 0 Å². The summed E-state index contributed by atoms with van der Waals surface area (Å²) in [6.45, 7) is 4.17. The molecule has 3 nitrogen and oxygen atoms in total. The van der Waals surface area contributed by atoms with Crippen molar-refractivity contribution in [1.29, 1.82) is 0 Å². The first-order valence-electron chi connectivity index (χ1n) is 6.56. The number of nitrogens with two attached hydrogens (primary N) is 1. The van der Waals surface area contributed by atoms with Crippen molar-refractivity contribution in [1.82, 2.24) is 4.90 Å². The van der Waals surface area contributed by atoms with E-state index in [0.29, 0.717) is 0 Å². The van der Waals surface area contributed by atoms with Crippen LogP contribution < -0.4 is 10.5 Å². The highest BCUT2D eigenvalue weighted by Gasteiger charge is 2.08. The van der Waals surface area contributed by atoms with Gasteiger partial charge in [0.05, 0.1) is 5.69 Å². The third kappa shape index (κ3) is 3.93. The molecule has 1 aromatic carbocycles. The Balaban J connectivity index is 1.73. The summed E-state index contributed by atoms with van der Waals surface area (Å²) in [5, 5.41) is 0. The topological polar surface area (TPSA) is 38.5 Å². The van der Waals surface area contributed by atoms with Gasteiger partial charge < -0.3 is 10.5 Å². The summed E-state index contributed by atoms with van der Waals surface area (Å²) in [6.07, 6.45) is 5.41. The first-order valence-corrected chi connectivity index (χ1v) is 6.56. The molecule has 0 unspecified atom stereocenters. The minimum atomic E-state index is 0.725. The summed E-state index contributed by atoms with van der Waals surface area (Å²) >= 11 is 0. The summed E-state index contributed by atoms with van der Waals surface area (Å²) in [4.78, 5) is 2.49. The SMILES string of the molecule is Nc1ccccc1OCCN1CCCCCC1. The summed E-state index contributed by atoms with van der Waals surface area (Å²) in [7, 11) is 0. The molecule has 0 spiro atoms. The van der Waals surface area contributed by atoms with Crippen molar-refractivity contribution in [2.24, 2.45) is 0 Å². The molecule has 1 fully saturated rings. The van der Waals surface area contributed by atoms with E-state index < -0.39 is 0 Å². The molecule has 0 radical (unpaired) electrons. The van der Waals surface area contributed by atoms with Crippen LogP contribution in [0.2, 0.25) is 0 Å². The third-order valence-electron chi connectivity index (χ3n) is 3.28. The lowest BCUT2D eigenvalue weighted by Gasteiger charge is -2.19. The molecule has 2 rings (SSSR count). The second kappa shape index (κ2) is 6.50. The van der Waals surface area contributed by atoms with Gasteiger partial charge >= 0.3 is 0 Å². The normalized spacial score (nSPS) is 17.6. The predicted molar refractivity (Wildman–Crippen MR) is 71.3 cm³/mol. The summed E-state index contributed by atoms with van der Waals surface area (Å²) in [6, 6.07) is 7.69. The van der Waals surface area contributed by atoms with Gasteiger partial charge in [-0.15, -0.1) is 0 Å². The van der Waals surface area contributed by atoms with Crippen molar-refractivity contribution in [2.45, 2.75) is 25.7 Å². The van der Waals surface area contributed by atoms with E-state index in [9.17, 15) is 0 Å². The van der Waals surface area contributed by atoms with E-state index in [4.69, 9.17) is 10.5 Å². The van der Waals surface area contributed by atoms with Gasteiger partial charge in [-0.3, -0.25) is 4.90 Å². The predicted octanol–water partition coefficient (Wildman–Crippen LogP) is 2.52. The van der Waals surface area contributed by atoms with E-state index in [0.717, 1.165) is 24.6 Å². The Labute approximate surface area is 104 Å². The van der Waals surface area contributed by atoms with E-state index in [2.05, 4.69) is 4.90 Å². The van der Waals surface area contributed by atoms with Gasteiger partial charge in [-0.25, -0.2) is 0 Å². The molecule has 0 saturated carbocycles. The first kappa shape index (κ1) is 12.2. The van der Waals surface area contributed by atoms with E-state index in [1.807, 2.05) is 24.3 Å². The van der Waals surface area contributed by atoms with Crippen molar-refractivity contribution < 1.29 is 4.74 Å². The average molecular weight is 234 g/mol. The lowest BCUT2D eigenvalue weighted by atomic mass is 10.2. The number of ether oxygens (including phenoxy) is 1. The van der Waals surface area contributed by atoms with Crippen LogP contribution in [-0.2, 0) is 0 Å². The molecule has 1 aromatic rings. The Bertz CT molecular complexity index is 333. The second-order valence-electron chi connectivity index (χ2n) is 4.64. The minimum Gasteiger partial charge on any atom is -0.490 e. The van der Waals surface area contributed by atoms with E-state index in [1.54, 1.807) is 0 Å². The van der Waals surface area contributed by atoms with Gasteiger partial charge in [0, 0.05) is 6.54 Å². The Morgan fingerprint density at radius 2 is 1.76 bits per heavy atom. The van der Waals surface area contributed by atoms with Crippen LogP contribution in [0.4, 0.5) is 5.69 Å². The number of hydrogen-bond acceptors (Lipinski definition) is 3. The third-order valence-corrected chi connectivity index (χ3v) is 3.28. The monoisotopic (exact) mass is 234 g/mol. The zero-order valence-corrected chi connectivity index (χ0v) is 10.4. The summed E-state index contributed by atoms with van der Waals surface area (Å²) < 4.78 is 5.71. The van der Waals surface area contributed by atoms with E-state index >= 15 is 0 Å². The maximum absolute atomic E-state index is 5.83. The molecule has 0 atom stereocenters. The highest BCUT2D eigenvalue weighted by atomic mass is 16.5. The first-order chi connectivity index (χ1) is 8.36. The zero-order chi connectivity index (χ0) is 11.9. The highest BCUT2D eigenvalue weighted by Crippen LogP contribution is 2.19. The molecule has 94 valence electrons. The molecule has 1 saturated heterocycles. The fourth-order valence-corrected chi connectivity index (χ4v) is 2.26. The fourth-order valence-electron chi connectivity index (χ4n) is 2.26. The maximum Gasteiger partial charge on any atom is 0.142 e. The lowest BCUT2D eigenvalue weighted by molar-refractivity contribution is 0.214. The molecular weight excluding hydrogens is 212 g/mol. The Morgan fingerprint density at radius 1 is 1.06 bits per heavy atom. The van der Waals surface area contributed by atoms with Crippen LogP contribution >= 0.6 is 0 Å². The molecule has 17 heavy (non-hydrogen) atoms. The largest absolute Gasteiger partial charge is 0.490 e. The molecule has 1 aliphatic heterocycles. The smallest absolute Gasteiger partial charge is 0.142 e. The van der Waals surface area contributed by atoms with E-state index in [-0.39, 0.29) is 0 Å². The van der Waals surface area contributed by atoms with Crippen molar-refractivity contribution in [2.75, 3.05) is 32.0 Å². The zero-order valence-electron chi connectivity index (χ0n) is 10.4. The highest BCUT2D eigenvalue weighted by molar-refractivity contribution is 5.51. The van der Waals surface area contributed by atoms with Gasteiger partial charge in [0.1, 0.15) is 12.4 Å². The molecular formula is C14H22N2O. The Morgan fingerprint density at radius 3 is 2.47 bits per heavy atom. The molecule has 0 bridgehead atoms. The van der Waals surface area contributed by atoms with Crippen LogP contribution in [0.1, 0.15) is 25.7 Å². The molecule has 0 amide bonds. The van der Waals surface area contributed by atoms with Gasteiger partial charge in [0.25, 0.3) is 0 Å². The number of anilines is 1. The molecule has 0 aliphatic carbocycles. The van der Waals surface area contributed by atoms with Gasteiger partial charge in [0.2, 0.25) is 0 Å². The number of para-hydroxylation sites is 2. The standard InChI is InChI=1S/C14H22N2O/c15-13-7-3-4-8-14(13)17-12-11-16-9-5-1-2-6-10-16/h3-4,7-8H,1-2,5-6,9-12,15H2. The summed E-state index contributed by atoms with van der Waals surface area (Å²) in [5.74, 6) is 0.808. The number of nitrogens with zero attached hydrogens (tertiary/aromatic N) is 1. The van der Waals surface area contributed by atoms with Crippen molar-refractivity contribution >= 4 is 5.69 Å². The van der Waals surface area contributed by atoms with Gasteiger partial charge in [-0.1, -0.05) is 25.0 Å². The fraction of sp³-hybridized carbons (Fsp3) is 0.571. The lowest BCUT2D eigenvalue weighted by Crippen LogP contribution is -2.29. The van der Waals surface area contributed by atoms with Crippen LogP contribution in [0.25, 0.3) is 0 Å². The summed E-state index contributed by atoms with van der Waals surface area (Å²) in [5.41, 5.74) is 6.55. The van der Waals surface area contributed by atoms with Crippen molar-refractivity contribution in [3.63, 3.8) is 0 Å². The molecule has 3 heteroatoms. The van der Waals surface area contributed by atoms with Crippen LogP contribution in [0.15, 0.2) is 24.3 Å². The second-order valence-corrected chi connectivity index (χ2v) is 4.64. The molecule has 1 heterocycles.